The lowest BCUT2D eigenvalue weighted by atomic mass is 10.1. The number of phenols is 1. The van der Waals surface area contributed by atoms with Gasteiger partial charge in [0.15, 0.2) is 0 Å². The summed E-state index contributed by atoms with van der Waals surface area (Å²) in [4.78, 5) is 19.6. The predicted molar refractivity (Wildman–Crippen MR) is 147 cm³/mol. The smallest absolute Gasteiger partial charge is 0.251 e. The molecule has 1 heterocycles. The zero-order valence-corrected chi connectivity index (χ0v) is 21.0. The van der Waals surface area contributed by atoms with Crippen molar-refractivity contribution in [1.29, 1.82) is 0 Å². The molecule has 0 atom stereocenters. The van der Waals surface area contributed by atoms with Gasteiger partial charge in [-0.1, -0.05) is 38.1 Å². The number of anilines is 2. The fraction of sp³-hybridized carbons (Fsp3) is 0.267. The van der Waals surface area contributed by atoms with Gasteiger partial charge in [0.05, 0.1) is 17.4 Å². The zero-order chi connectivity index (χ0) is 25.3. The van der Waals surface area contributed by atoms with E-state index in [9.17, 15) is 9.90 Å². The third-order valence-electron chi connectivity index (χ3n) is 6.10. The van der Waals surface area contributed by atoms with Gasteiger partial charge in [-0.05, 0) is 80.0 Å². The molecule has 3 N–H and O–H groups in total. The lowest BCUT2D eigenvalue weighted by Crippen LogP contribution is -2.25. The summed E-state index contributed by atoms with van der Waals surface area (Å²) in [6, 6.07) is 23.0. The van der Waals surface area contributed by atoms with Crippen molar-refractivity contribution in [2.75, 3.05) is 18.4 Å². The molecule has 0 aliphatic heterocycles. The molecule has 0 radical (unpaired) electrons. The van der Waals surface area contributed by atoms with E-state index in [1.807, 2.05) is 60.7 Å². The SMILES string of the molecule is CCCN(CCC)Cc1cc(CNC(=O)c2ccc(Nc3cnc4ccccc4c3)cc2)ccc1O. The molecule has 36 heavy (non-hydrogen) atoms. The van der Waals surface area contributed by atoms with Gasteiger partial charge in [-0.3, -0.25) is 14.7 Å². The number of para-hydroxylation sites is 1. The maximum atomic E-state index is 12.7. The lowest BCUT2D eigenvalue weighted by Gasteiger charge is -2.22. The first-order valence-electron chi connectivity index (χ1n) is 12.6. The van der Waals surface area contributed by atoms with E-state index < -0.39 is 0 Å². The molecule has 0 fully saturated rings. The van der Waals surface area contributed by atoms with Crippen LogP contribution in [0.1, 0.15) is 48.2 Å². The quantitative estimate of drug-likeness (QED) is 0.236. The van der Waals surface area contributed by atoms with Crippen LogP contribution in [0.3, 0.4) is 0 Å². The number of fused-ring (bicyclic) bond motifs is 1. The fourth-order valence-corrected chi connectivity index (χ4v) is 4.31. The highest BCUT2D eigenvalue weighted by atomic mass is 16.3. The lowest BCUT2D eigenvalue weighted by molar-refractivity contribution is 0.0951. The molecule has 3 aromatic carbocycles. The predicted octanol–water partition coefficient (Wildman–Crippen LogP) is 6.24. The van der Waals surface area contributed by atoms with Crippen LogP contribution in [0.5, 0.6) is 5.75 Å². The minimum absolute atomic E-state index is 0.137. The summed E-state index contributed by atoms with van der Waals surface area (Å²) in [6.45, 7) is 7.43. The normalized spacial score (nSPS) is 11.1. The average Bonchev–Trinajstić information content (AvgIpc) is 2.89. The number of pyridine rings is 1. The highest BCUT2D eigenvalue weighted by Crippen LogP contribution is 2.22. The van der Waals surface area contributed by atoms with E-state index in [1.165, 1.54) is 0 Å². The summed E-state index contributed by atoms with van der Waals surface area (Å²) in [5.41, 5.74) is 5.18. The van der Waals surface area contributed by atoms with Gasteiger partial charge < -0.3 is 15.7 Å². The topological polar surface area (TPSA) is 77.5 Å². The highest BCUT2D eigenvalue weighted by Gasteiger charge is 2.11. The van der Waals surface area contributed by atoms with Crippen molar-refractivity contribution in [3.05, 3.63) is 95.7 Å². The van der Waals surface area contributed by atoms with Crippen LogP contribution < -0.4 is 10.6 Å². The van der Waals surface area contributed by atoms with Crippen LogP contribution in [0.4, 0.5) is 11.4 Å². The second-order valence-corrected chi connectivity index (χ2v) is 9.04. The Kier molecular flexibility index (Phi) is 8.53. The van der Waals surface area contributed by atoms with Gasteiger partial charge >= 0.3 is 0 Å². The maximum Gasteiger partial charge on any atom is 0.251 e. The first kappa shape index (κ1) is 25.2. The van der Waals surface area contributed by atoms with Crippen LogP contribution in [0.25, 0.3) is 10.9 Å². The van der Waals surface area contributed by atoms with Gasteiger partial charge in [-0.15, -0.1) is 0 Å². The standard InChI is InChI=1S/C30H34N4O2/c1-3-15-34(16-4-2)21-25-17-22(9-14-29(25)35)19-32-30(36)23-10-12-26(13-11-23)33-27-18-24-7-5-6-8-28(24)31-20-27/h5-14,17-18,20,33,35H,3-4,15-16,19,21H2,1-2H3,(H,32,36). The van der Waals surface area contributed by atoms with Crippen LogP contribution in [0.15, 0.2) is 79.0 Å². The van der Waals surface area contributed by atoms with Crippen molar-refractivity contribution in [2.45, 2.75) is 39.8 Å². The van der Waals surface area contributed by atoms with E-state index in [4.69, 9.17) is 0 Å². The van der Waals surface area contributed by atoms with E-state index in [-0.39, 0.29) is 5.91 Å². The Morgan fingerprint density at radius 2 is 1.67 bits per heavy atom. The second kappa shape index (κ2) is 12.2. The Morgan fingerprint density at radius 1 is 0.917 bits per heavy atom. The average molecular weight is 483 g/mol. The molecule has 186 valence electrons. The highest BCUT2D eigenvalue weighted by molar-refractivity contribution is 5.94. The summed E-state index contributed by atoms with van der Waals surface area (Å²) >= 11 is 0. The Hall–Kier alpha value is -3.90. The third kappa shape index (κ3) is 6.61. The van der Waals surface area contributed by atoms with Gasteiger partial charge in [0.1, 0.15) is 5.75 Å². The molecule has 0 aliphatic rings. The van der Waals surface area contributed by atoms with Gasteiger partial charge in [0, 0.05) is 35.3 Å². The van der Waals surface area contributed by atoms with E-state index in [2.05, 4.69) is 40.4 Å². The van der Waals surface area contributed by atoms with Crippen LogP contribution in [-0.2, 0) is 13.1 Å². The van der Waals surface area contributed by atoms with Crippen molar-refractivity contribution in [3.63, 3.8) is 0 Å². The molecule has 0 aliphatic carbocycles. The summed E-state index contributed by atoms with van der Waals surface area (Å²) in [5, 5.41) is 17.7. The summed E-state index contributed by atoms with van der Waals surface area (Å²) < 4.78 is 0. The first-order valence-corrected chi connectivity index (χ1v) is 12.6. The van der Waals surface area contributed by atoms with Crippen molar-refractivity contribution < 1.29 is 9.90 Å². The molecule has 1 amide bonds. The number of aromatic hydroxyl groups is 1. The molecular formula is C30H34N4O2. The molecule has 0 bridgehead atoms. The van der Waals surface area contributed by atoms with Crippen LogP contribution >= 0.6 is 0 Å². The van der Waals surface area contributed by atoms with E-state index in [0.29, 0.717) is 24.4 Å². The maximum absolute atomic E-state index is 12.7. The minimum atomic E-state index is -0.137. The molecule has 0 saturated heterocycles. The number of nitrogens with one attached hydrogen (secondary N) is 2. The van der Waals surface area contributed by atoms with Crippen LogP contribution in [-0.4, -0.2) is 34.0 Å². The largest absolute Gasteiger partial charge is 0.508 e. The monoisotopic (exact) mass is 482 g/mol. The molecule has 0 saturated carbocycles. The number of phenolic OH excluding ortho intramolecular Hbond substituents is 1. The molecule has 6 heteroatoms. The first-order chi connectivity index (χ1) is 17.6. The van der Waals surface area contributed by atoms with Gasteiger partial charge in [-0.2, -0.15) is 0 Å². The third-order valence-corrected chi connectivity index (χ3v) is 6.10. The number of carbonyl (C=O) groups is 1. The molecule has 4 rings (SSSR count). The van der Waals surface area contributed by atoms with Gasteiger partial charge in [-0.25, -0.2) is 0 Å². The number of nitrogens with zero attached hydrogens (tertiary/aromatic N) is 2. The number of carbonyl (C=O) groups excluding carboxylic acids is 1. The number of aromatic nitrogens is 1. The van der Waals surface area contributed by atoms with E-state index >= 15 is 0 Å². The molecular weight excluding hydrogens is 448 g/mol. The van der Waals surface area contributed by atoms with E-state index in [0.717, 1.165) is 59.3 Å². The van der Waals surface area contributed by atoms with Crippen molar-refractivity contribution in [1.82, 2.24) is 15.2 Å². The Balaban J connectivity index is 1.35. The molecule has 6 nitrogen and oxygen atoms in total. The fourth-order valence-electron chi connectivity index (χ4n) is 4.31. The number of benzene rings is 3. The van der Waals surface area contributed by atoms with E-state index in [1.54, 1.807) is 12.3 Å². The van der Waals surface area contributed by atoms with Crippen LogP contribution in [0.2, 0.25) is 0 Å². The molecule has 0 spiro atoms. The van der Waals surface area contributed by atoms with Crippen molar-refractivity contribution in [3.8, 4) is 5.75 Å². The second-order valence-electron chi connectivity index (χ2n) is 9.04. The molecule has 0 unspecified atom stereocenters. The summed E-state index contributed by atoms with van der Waals surface area (Å²) in [6.07, 6.45) is 3.95. The Labute approximate surface area is 213 Å². The van der Waals surface area contributed by atoms with Gasteiger partial charge in [0.2, 0.25) is 0 Å². The number of amides is 1. The van der Waals surface area contributed by atoms with Crippen molar-refractivity contribution in [2.24, 2.45) is 0 Å². The zero-order valence-electron chi connectivity index (χ0n) is 21.0. The van der Waals surface area contributed by atoms with Gasteiger partial charge in [0.25, 0.3) is 5.91 Å². The Morgan fingerprint density at radius 3 is 2.42 bits per heavy atom. The Bertz CT molecular complexity index is 1300. The number of hydrogen-bond acceptors (Lipinski definition) is 5. The number of rotatable bonds is 11. The van der Waals surface area contributed by atoms with Crippen LogP contribution in [0, 0.1) is 0 Å². The molecule has 1 aromatic heterocycles. The minimum Gasteiger partial charge on any atom is -0.508 e. The summed E-state index contributed by atoms with van der Waals surface area (Å²) in [7, 11) is 0. The molecule has 4 aromatic rings. The van der Waals surface area contributed by atoms with Crippen molar-refractivity contribution >= 4 is 28.2 Å². The number of hydrogen-bond donors (Lipinski definition) is 3. The summed E-state index contributed by atoms with van der Waals surface area (Å²) in [5.74, 6) is 0.161.